The summed E-state index contributed by atoms with van der Waals surface area (Å²) in [6, 6.07) is 4.52. The van der Waals surface area contributed by atoms with Crippen molar-refractivity contribution < 1.29 is 29.6 Å². The van der Waals surface area contributed by atoms with Gasteiger partial charge in [-0.1, -0.05) is 6.07 Å². The van der Waals surface area contributed by atoms with Gasteiger partial charge >= 0.3 is 11.9 Å². The van der Waals surface area contributed by atoms with E-state index >= 15 is 0 Å². The molecule has 1 fully saturated rings. The number of carbonyl (C=O) groups is 2. The monoisotopic (exact) mass is 337 g/mol. The molecule has 132 valence electrons. The van der Waals surface area contributed by atoms with Crippen molar-refractivity contribution in [1.82, 2.24) is 4.90 Å². The number of rotatable bonds is 7. The first-order chi connectivity index (χ1) is 11.4. The van der Waals surface area contributed by atoms with E-state index in [1.807, 2.05) is 0 Å². The van der Waals surface area contributed by atoms with Gasteiger partial charge in [-0.2, -0.15) is 0 Å². The molecule has 0 atom stereocenters. The smallest absolute Gasteiger partial charge is 0.339 e. The SMILES string of the molecule is COCCC1(C(=O)O)CCN(Cc2ccc(O)c(C(=O)O)c2)CC1. The number of phenols is 1. The number of benzene rings is 1. The van der Waals surface area contributed by atoms with Crippen LogP contribution in [0.25, 0.3) is 0 Å². The maximum atomic E-state index is 11.6. The fraction of sp³-hybridized carbons (Fsp3) is 0.529. The largest absolute Gasteiger partial charge is 0.507 e. The van der Waals surface area contributed by atoms with E-state index in [1.54, 1.807) is 13.2 Å². The molecular weight excluding hydrogens is 314 g/mol. The van der Waals surface area contributed by atoms with Crippen molar-refractivity contribution in [2.75, 3.05) is 26.8 Å². The highest BCUT2D eigenvalue weighted by Gasteiger charge is 2.41. The fourth-order valence-electron chi connectivity index (χ4n) is 3.12. The van der Waals surface area contributed by atoms with Crippen molar-refractivity contribution in [2.45, 2.75) is 25.8 Å². The Bertz CT molecular complexity index is 607. The molecule has 0 spiro atoms. The quantitative estimate of drug-likeness (QED) is 0.696. The number of hydrogen-bond donors (Lipinski definition) is 3. The number of ether oxygens (including phenoxy) is 1. The van der Waals surface area contributed by atoms with Crippen LogP contribution in [0, 0.1) is 5.41 Å². The van der Waals surface area contributed by atoms with Gasteiger partial charge < -0.3 is 20.1 Å². The molecule has 0 amide bonds. The van der Waals surface area contributed by atoms with Crippen LogP contribution in [0.5, 0.6) is 5.75 Å². The Kier molecular flexibility index (Phi) is 5.80. The lowest BCUT2D eigenvalue weighted by atomic mass is 9.76. The van der Waals surface area contributed by atoms with Gasteiger partial charge in [0.2, 0.25) is 0 Å². The minimum atomic E-state index is -1.17. The predicted octanol–water partition coefficient (Wildman–Crippen LogP) is 1.79. The van der Waals surface area contributed by atoms with Crippen LogP contribution >= 0.6 is 0 Å². The number of carboxylic acid groups (broad SMARTS) is 2. The van der Waals surface area contributed by atoms with Gasteiger partial charge in [-0.25, -0.2) is 4.79 Å². The molecule has 24 heavy (non-hydrogen) atoms. The molecule has 0 radical (unpaired) electrons. The normalized spacial score (nSPS) is 17.5. The number of aromatic hydroxyl groups is 1. The molecule has 3 N–H and O–H groups in total. The average molecular weight is 337 g/mol. The van der Waals surface area contributed by atoms with Crippen LogP contribution in [0.1, 0.15) is 35.2 Å². The van der Waals surface area contributed by atoms with Crippen molar-refractivity contribution in [3.05, 3.63) is 29.3 Å². The molecule has 0 unspecified atom stereocenters. The second-order valence-electron chi connectivity index (χ2n) is 6.26. The van der Waals surface area contributed by atoms with Crippen LogP contribution in [-0.2, 0) is 16.1 Å². The predicted molar refractivity (Wildman–Crippen MR) is 86.1 cm³/mol. The summed E-state index contributed by atoms with van der Waals surface area (Å²) in [6.07, 6.45) is 1.57. The number of carboxylic acids is 2. The van der Waals surface area contributed by atoms with Gasteiger partial charge in [-0.15, -0.1) is 0 Å². The van der Waals surface area contributed by atoms with Gasteiger partial charge in [0, 0.05) is 20.3 Å². The van der Waals surface area contributed by atoms with E-state index in [9.17, 15) is 19.8 Å². The maximum absolute atomic E-state index is 11.6. The molecule has 0 aromatic heterocycles. The molecule has 1 saturated heterocycles. The van der Waals surface area contributed by atoms with Crippen LogP contribution < -0.4 is 0 Å². The zero-order valence-corrected chi connectivity index (χ0v) is 13.7. The van der Waals surface area contributed by atoms with E-state index in [1.165, 1.54) is 12.1 Å². The van der Waals surface area contributed by atoms with Crippen LogP contribution in [0.15, 0.2) is 18.2 Å². The Morgan fingerprint density at radius 2 is 1.92 bits per heavy atom. The molecular formula is C17H23NO6. The summed E-state index contributed by atoms with van der Waals surface area (Å²) in [4.78, 5) is 24.8. The van der Waals surface area contributed by atoms with Crippen molar-refractivity contribution in [3.8, 4) is 5.75 Å². The van der Waals surface area contributed by atoms with Gasteiger partial charge in [-0.3, -0.25) is 9.69 Å². The van der Waals surface area contributed by atoms with Gasteiger partial charge in [0.1, 0.15) is 11.3 Å². The van der Waals surface area contributed by atoms with Crippen molar-refractivity contribution in [2.24, 2.45) is 5.41 Å². The molecule has 2 rings (SSSR count). The Morgan fingerprint density at radius 1 is 1.25 bits per heavy atom. The molecule has 7 nitrogen and oxygen atoms in total. The minimum absolute atomic E-state index is 0.121. The third kappa shape index (κ3) is 4.04. The first-order valence-electron chi connectivity index (χ1n) is 7.88. The topological polar surface area (TPSA) is 107 Å². The van der Waals surface area contributed by atoms with Crippen molar-refractivity contribution in [3.63, 3.8) is 0 Å². The molecule has 1 heterocycles. The van der Waals surface area contributed by atoms with Crippen LogP contribution in [0.4, 0.5) is 0 Å². The zero-order chi connectivity index (χ0) is 17.7. The highest BCUT2D eigenvalue weighted by Crippen LogP contribution is 2.36. The van der Waals surface area contributed by atoms with E-state index < -0.39 is 17.4 Å². The highest BCUT2D eigenvalue weighted by molar-refractivity contribution is 5.90. The third-order valence-corrected chi connectivity index (χ3v) is 4.75. The van der Waals surface area contributed by atoms with E-state index in [4.69, 9.17) is 9.84 Å². The van der Waals surface area contributed by atoms with Crippen LogP contribution in [0.2, 0.25) is 0 Å². The lowest BCUT2D eigenvalue weighted by Gasteiger charge is -2.38. The number of aliphatic carboxylic acids is 1. The number of hydrogen-bond acceptors (Lipinski definition) is 5. The number of methoxy groups -OCH3 is 1. The zero-order valence-electron chi connectivity index (χ0n) is 13.7. The Hall–Kier alpha value is -2.12. The summed E-state index contributed by atoms with van der Waals surface area (Å²) < 4.78 is 5.03. The van der Waals surface area contributed by atoms with Crippen molar-refractivity contribution >= 4 is 11.9 Å². The maximum Gasteiger partial charge on any atom is 0.339 e. The number of nitrogens with zero attached hydrogens (tertiary/aromatic N) is 1. The molecule has 7 heteroatoms. The summed E-state index contributed by atoms with van der Waals surface area (Å²) in [7, 11) is 1.57. The lowest BCUT2D eigenvalue weighted by Crippen LogP contribution is -2.44. The molecule has 0 bridgehead atoms. The summed E-state index contributed by atoms with van der Waals surface area (Å²) >= 11 is 0. The van der Waals surface area contributed by atoms with E-state index in [0.29, 0.717) is 45.5 Å². The molecule has 1 aromatic rings. The highest BCUT2D eigenvalue weighted by atomic mass is 16.5. The Labute approximate surface area is 140 Å². The Balaban J connectivity index is 2.01. The second kappa shape index (κ2) is 7.63. The number of aromatic carboxylic acids is 1. The van der Waals surface area contributed by atoms with Crippen molar-refractivity contribution in [1.29, 1.82) is 0 Å². The first-order valence-corrected chi connectivity index (χ1v) is 7.88. The second-order valence-corrected chi connectivity index (χ2v) is 6.26. The van der Waals surface area contributed by atoms with E-state index in [2.05, 4.69) is 4.90 Å². The Morgan fingerprint density at radius 3 is 2.46 bits per heavy atom. The van der Waals surface area contributed by atoms with Gasteiger partial charge in [0.05, 0.1) is 5.41 Å². The molecule has 1 aliphatic rings. The summed E-state index contributed by atoms with van der Waals surface area (Å²) in [5.74, 6) is -2.20. The summed E-state index contributed by atoms with van der Waals surface area (Å²) in [5, 5.41) is 28.2. The lowest BCUT2D eigenvalue weighted by molar-refractivity contribution is -0.153. The minimum Gasteiger partial charge on any atom is -0.507 e. The summed E-state index contributed by atoms with van der Waals surface area (Å²) in [5.41, 5.74) is -0.0809. The van der Waals surface area contributed by atoms with Gasteiger partial charge in [0.25, 0.3) is 0 Å². The van der Waals surface area contributed by atoms with Gasteiger partial charge in [0.15, 0.2) is 0 Å². The molecule has 0 aliphatic carbocycles. The van der Waals surface area contributed by atoms with Gasteiger partial charge in [-0.05, 0) is 50.0 Å². The summed E-state index contributed by atoms with van der Waals surface area (Å²) in [6.45, 7) is 2.20. The van der Waals surface area contributed by atoms with Crippen LogP contribution in [-0.4, -0.2) is 59.0 Å². The number of piperidine rings is 1. The molecule has 1 aliphatic heterocycles. The third-order valence-electron chi connectivity index (χ3n) is 4.75. The average Bonchev–Trinajstić information content (AvgIpc) is 2.55. The fourth-order valence-corrected chi connectivity index (χ4v) is 3.12. The molecule has 0 saturated carbocycles. The first kappa shape index (κ1) is 18.2. The van der Waals surface area contributed by atoms with E-state index in [0.717, 1.165) is 5.56 Å². The standard InChI is InChI=1S/C17H23NO6/c1-24-9-6-17(16(22)23)4-7-18(8-5-17)11-12-2-3-14(19)13(10-12)15(20)21/h2-3,10,19H,4-9,11H2,1H3,(H,20,21)(H,22,23). The van der Waals surface area contributed by atoms with Crippen LogP contribution in [0.3, 0.4) is 0 Å². The number of likely N-dealkylation sites (tertiary alicyclic amines) is 1. The molecule has 1 aromatic carbocycles. The van der Waals surface area contributed by atoms with E-state index in [-0.39, 0.29) is 11.3 Å².